The normalized spacial score (nSPS) is 10.8. The predicted octanol–water partition coefficient (Wildman–Crippen LogP) is 3.05. The number of hydrogen-bond donors (Lipinski definition) is 3. The lowest BCUT2D eigenvalue weighted by Crippen LogP contribution is -2.28. The largest absolute Gasteiger partial charge is 0.360 e. The van der Waals surface area contributed by atoms with Crippen molar-refractivity contribution in [2.45, 2.75) is 20.4 Å². The minimum Gasteiger partial charge on any atom is -0.360 e. The van der Waals surface area contributed by atoms with E-state index in [2.05, 4.69) is 15.6 Å². The molecule has 138 valence electrons. The van der Waals surface area contributed by atoms with Crippen molar-refractivity contribution in [3.8, 4) is 0 Å². The van der Waals surface area contributed by atoms with Crippen molar-refractivity contribution >= 4 is 28.4 Å². The zero-order valence-electron chi connectivity index (χ0n) is 15.2. The van der Waals surface area contributed by atoms with E-state index in [9.17, 15) is 14.4 Å². The third kappa shape index (κ3) is 4.23. The maximum absolute atomic E-state index is 12.5. The molecule has 2 amide bonds. The first-order valence-corrected chi connectivity index (χ1v) is 8.74. The summed E-state index contributed by atoms with van der Waals surface area (Å²) in [5.41, 5.74) is 2.04. The van der Waals surface area contributed by atoms with Gasteiger partial charge in [0.1, 0.15) is 5.56 Å². The van der Waals surface area contributed by atoms with Crippen LogP contribution < -0.4 is 16.1 Å². The van der Waals surface area contributed by atoms with Crippen LogP contribution in [-0.2, 0) is 11.3 Å². The molecule has 3 N–H and O–H groups in total. The number of para-hydroxylation sites is 1. The van der Waals surface area contributed by atoms with Gasteiger partial charge in [0.15, 0.2) is 0 Å². The zero-order chi connectivity index (χ0) is 19.4. The molecule has 6 heteroatoms. The monoisotopic (exact) mass is 363 g/mol. The van der Waals surface area contributed by atoms with Crippen molar-refractivity contribution < 1.29 is 9.59 Å². The molecule has 1 heterocycles. The van der Waals surface area contributed by atoms with Crippen LogP contribution in [0.15, 0.2) is 59.5 Å². The summed E-state index contributed by atoms with van der Waals surface area (Å²) >= 11 is 0. The summed E-state index contributed by atoms with van der Waals surface area (Å²) in [6.07, 6.45) is 1.44. The van der Waals surface area contributed by atoms with Gasteiger partial charge in [-0.15, -0.1) is 0 Å². The Morgan fingerprint density at radius 2 is 1.74 bits per heavy atom. The number of anilines is 1. The number of carbonyl (C=O) groups excluding carboxylic acids is 2. The zero-order valence-corrected chi connectivity index (χ0v) is 15.2. The average molecular weight is 363 g/mol. The highest BCUT2D eigenvalue weighted by Gasteiger charge is 2.12. The Bertz CT molecular complexity index is 1040. The summed E-state index contributed by atoms with van der Waals surface area (Å²) in [6, 6.07) is 14.3. The van der Waals surface area contributed by atoms with E-state index >= 15 is 0 Å². The van der Waals surface area contributed by atoms with E-state index in [4.69, 9.17) is 0 Å². The number of pyridine rings is 1. The molecule has 2 aromatic carbocycles. The van der Waals surface area contributed by atoms with Gasteiger partial charge >= 0.3 is 0 Å². The summed E-state index contributed by atoms with van der Waals surface area (Å²) in [5, 5.41) is 6.05. The number of hydrogen-bond acceptors (Lipinski definition) is 3. The predicted molar refractivity (Wildman–Crippen MR) is 106 cm³/mol. The molecule has 6 nitrogen and oxygen atoms in total. The van der Waals surface area contributed by atoms with Gasteiger partial charge in [0.05, 0.1) is 0 Å². The molecule has 0 aliphatic heterocycles. The quantitative estimate of drug-likeness (QED) is 0.651. The van der Waals surface area contributed by atoms with Crippen LogP contribution in [0.3, 0.4) is 0 Å². The number of rotatable bonds is 5. The molecule has 0 fully saturated rings. The molecule has 27 heavy (non-hydrogen) atoms. The van der Waals surface area contributed by atoms with Gasteiger partial charge in [0.2, 0.25) is 11.3 Å². The lowest BCUT2D eigenvalue weighted by molar-refractivity contribution is -0.118. The second-order valence-corrected chi connectivity index (χ2v) is 6.60. The molecule has 0 bridgehead atoms. The smallest absolute Gasteiger partial charge is 0.257 e. The van der Waals surface area contributed by atoms with Gasteiger partial charge in [-0.05, 0) is 29.8 Å². The first-order valence-electron chi connectivity index (χ1n) is 8.74. The fraction of sp³-hybridized carbons (Fsp3) is 0.190. The van der Waals surface area contributed by atoms with Crippen molar-refractivity contribution in [1.29, 1.82) is 0 Å². The van der Waals surface area contributed by atoms with Gasteiger partial charge in [0, 0.05) is 35.2 Å². The van der Waals surface area contributed by atoms with E-state index in [0.29, 0.717) is 16.6 Å². The van der Waals surface area contributed by atoms with Gasteiger partial charge in [-0.1, -0.05) is 38.1 Å². The highest BCUT2D eigenvalue weighted by Crippen LogP contribution is 2.11. The molecule has 0 atom stereocenters. The number of aromatic amines is 1. The van der Waals surface area contributed by atoms with E-state index in [1.807, 2.05) is 32.0 Å². The minimum absolute atomic E-state index is 0.0495. The van der Waals surface area contributed by atoms with Crippen LogP contribution >= 0.6 is 0 Å². The van der Waals surface area contributed by atoms with E-state index < -0.39 is 5.91 Å². The average Bonchev–Trinajstić information content (AvgIpc) is 2.67. The van der Waals surface area contributed by atoms with Gasteiger partial charge in [-0.3, -0.25) is 14.4 Å². The number of benzene rings is 2. The van der Waals surface area contributed by atoms with Crippen molar-refractivity contribution in [3.63, 3.8) is 0 Å². The molecule has 0 saturated heterocycles. The fourth-order valence-electron chi connectivity index (χ4n) is 2.61. The molecule has 3 rings (SSSR count). The Morgan fingerprint density at radius 1 is 1.04 bits per heavy atom. The number of aromatic nitrogens is 1. The maximum atomic E-state index is 12.5. The second kappa shape index (κ2) is 7.86. The highest BCUT2D eigenvalue weighted by atomic mass is 16.2. The summed E-state index contributed by atoms with van der Waals surface area (Å²) in [6.45, 7) is 3.94. The van der Waals surface area contributed by atoms with Crippen LogP contribution in [0, 0.1) is 5.92 Å². The van der Waals surface area contributed by atoms with Gasteiger partial charge in [-0.2, -0.15) is 0 Å². The SMILES string of the molecule is CC(C)C(=O)Nc1ccc(CNC(=O)c2c[nH]c3ccccc3c2=O)cc1. The fourth-order valence-corrected chi connectivity index (χ4v) is 2.61. The highest BCUT2D eigenvalue weighted by molar-refractivity contribution is 5.97. The molecule has 1 aromatic heterocycles. The number of nitrogens with one attached hydrogen (secondary N) is 3. The van der Waals surface area contributed by atoms with E-state index in [-0.39, 0.29) is 29.4 Å². The summed E-state index contributed by atoms with van der Waals surface area (Å²) < 4.78 is 0. The first kappa shape index (κ1) is 18.4. The Morgan fingerprint density at radius 3 is 2.44 bits per heavy atom. The summed E-state index contributed by atoms with van der Waals surface area (Å²) in [5.74, 6) is -0.574. The lowest BCUT2D eigenvalue weighted by atomic mass is 10.1. The van der Waals surface area contributed by atoms with E-state index in [0.717, 1.165) is 5.56 Å². The van der Waals surface area contributed by atoms with E-state index in [1.54, 1.807) is 30.3 Å². The van der Waals surface area contributed by atoms with Crippen LogP contribution in [-0.4, -0.2) is 16.8 Å². The molecule has 0 unspecified atom stereocenters. The summed E-state index contributed by atoms with van der Waals surface area (Å²) in [4.78, 5) is 39.5. The molecule has 0 aliphatic carbocycles. The van der Waals surface area contributed by atoms with Crippen molar-refractivity contribution in [3.05, 3.63) is 76.1 Å². The van der Waals surface area contributed by atoms with Crippen LogP contribution in [0.25, 0.3) is 10.9 Å². The molecule has 0 spiro atoms. The molecule has 0 saturated carbocycles. The van der Waals surface area contributed by atoms with E-state index in [1.165, 1.54) is 6.20 Å². The van der Waals surface area contributed by atoms with Gasteiger partial charge in [-0.25, -0.2) is 0 Å². The van der Waals surface area contributed by atoms with Crippen LogP contribution in [0.2, 0.25) is 0 Å². The number of fused-ring (bicyclic) bond motifs is 1. The Labute approximate surface area is 156 Å². The second-order valence-electron chi connectivity index (χ2n) is 6.60. The Hall–Kier alpha value is -3.41. The van der Waals surface area contributed by atoms with Crippen LogP contribution in [0.1, 0.15) is 29.8 Å². The van der Waals surface area contributed by atoms with Crippen LogP contribution in [0.4, 0.5) is 5.69 Å². The third-order valence-corrected chi connectivity index (χ3v) is 4.23. The Kier molecular flexibility index (Phi) is 5.35. The van der Waals surface area contributed by atoms with Crippen molar-refractivity contribution in [2.75, 3.05) is 5.32 Å². The first-order chi connectivity index (χ1) is 13.0. The van der Waals surface area contributed by atoms with Gasteiger partial charge in [0.25, 0.3) is 5.91 Å². The topological polar surface area (TPSA) is 91.1 Å². The van der Waals surface area contributed by atoms with Crippen molar-refractivity contribution in [1.82, 2.24) is 10.3 Å². The number of amides is 2. The molecule has 0 radical (unpaired) electrons. The molecule has 3 aromatic rings. The third-order valence-electron chi connectivity index (χ3n) is 4.23. The molecule has 0 aliphatic rings. The Balaban J connectivity index is 1.66. The maximum Gasteiger partial charge on any atom is 0.257 e. The minimum atomic E-state index is -0.431. The molecular formula is C21H21N3O3. The van der Waals surface area contributed by atoms with Crippen LogP contribution in [0.5, 0.6) is 0 Å². The van der Waals surface area contributed by atoms with Crippen molar-refractivity contribution in [2.24, 2.45) is 5.92 Å². The van der Waals surface area contributed by atoms with Gasteiger partial charge < -0.3 is 15.6 Å². The summed E-state index contributed by atoms with van der Waals surface area (Å²) in [7, 11) is 0. The number of carbonyl (C=O) groups is 2. The number of H-pyrrole nitrogens is 1. The lowest BCUT2D eigenvalue weighted by Gasteiger charge is -2.09. The standard InChI is InChI=1S/C21H21N3O3/c1-13(2)20(26)24-15-9-7-14(8-10-15)11-23-21(27)17-12-22-18-6-4-3-5-16(18)19(17)25/h3-10,12-13H,11H2,1-2H3,(H,22,25)(H,23,27)(H,24,26). The molecular weight excluding hydrogens is 342 g/mol.